The van der Waals surface area contributed by atoms with E-state index in [1.807, 2.05) is 20.8 Å². The molecule has 1 N–H and O–H groups in total. The highest BCUT2D eigenvalue weighted by Crippen LogP contribution is 2.19. The van der Waals surface area contributed by atoms with Crippen LogP contribution in [0, 0.1) is 10.1 Å². The molecule has 0 spiro atoms. The molecular formula is C12H16N2O4. The lowest BCUT2D eigenvalue weighted by Gasteiger charge is -2.14. The van der Waals surface area contributed by atoms with Gasteiger partial charge in [0.2, 0.25) is 0 Å². The molecule has 0 saturated heterocycles. The second kappa shape index (κ2) is 6.00. The number of aryl methyl sites for hydroxylation is 1. The lowest BCUT2D eigenvalue weighted by molar-refractivity contribution is -0.727. The van der Waals surface area contributed by atoms with Crippen molar-refractivity contribution in [1.82, 2.24) is 0 Å². The van der Waals surface area contributed by atoms with Crippen LogP contribution in [0.1, 0.15) is 36.7 Å². The van der Waals surface area contributed by atoms with Crippen LogP contribution < -0.4 is 5.32 Å². The first-order chi connectivity index (χ1) is 8.43. The number of nitrogens with one attached hydrogen (secondary N) is 1. The average molecular weight is 252 g/mol. The summed E-state index contributed by atoms with van der Waals surface area (Å²) in [7, 11) is 0. The van der Waals surface area contributed by atoms with E-state index in [4.69, 9.17) is 0 Å². The predicted octanol–water partition coefficient (Wildman–Crippen LogP) is 2.42. The molecule has 6 nitrogen and oxygen atoms in total. The van der Waals surface area contributed by atoms with Crippen molar-refractivity contribution in [1.29, 1.82) is 0 Å². The Morgan fingerprint density at radius 3 is 2.67 bits per heavy atom. The number of carbonyl (C=O) groups is 1. The van der Waals surface area contributed by atoms with Gasteiger partial charge in [-0.2, -0.15) is 0 Å². The van der Waals surface area contributed by atoms with E-state index in [9.17, 15) is 14.9 Å². The van der Waals surface area contributed by atoms with Gasteiger partial charge in [-0.25, -0.2) is 4.84 Å². The number of nitrogens with zero attached hydrogens (tertiary/aromatic N) is 1. The third-order valence-electron chi connectivity index (χ3n) is 2.32. The smallest absolute Gasteiger partial charge is 0.334 e. The maximum Gasteiger partial charge on any atom is 0.334 e. The molecule has 6 heteroatoms. The summed E-state index contributed by atoms with van der Waals surface area (Å²) >= 11 is 0. The molecule has 0 amide bonds. The van der Waals surface area contributed by atoms with Crippen molar-refractivity contribution in [2.24, 2.45) is 0 Å². The Morgan fingerprint density at radius 1 is 1.50 bits per heavy atom. The van der Waals surface area contributed by atoms with Gasteiger partial charge in [0, 0.05) is 17.3 Å². The Hall–Kier alpha value is -2.11. The molecule has 0 radical (unpaired) electrons. The summed E-state index contributed by atoms with van der Waals surface area (Å²) in [6, 6.07) is 5.12. The van der Waals surface area contributed by atoms with E-state index in [0.717, 1.165) is 11.3 Å². The van der Waals surface area contributed by atoms with Crippen LogP contribution in [0.15, 0.2) is 18.2 Å². The van der Waals surface area contributed by atoms with Crippen LogP contribution in [0.3, 0.4) is 0 Å². The fourth-order valence-electron chi connectivity index (χ4n) is 1.59. The maximum absolute atomic E-state index is 11.4. The Kier molecular flexibility index (Phi) is 4.65. The Morgan fingerprint density at radius 2 is 2.17 bits per heavy atom. The summed E-state index contributed by atoms with van der Waals surface area (Å²) < 4.78 is 0. The SMILES string of the molecule is CCc1cc(C(=O)O[N+](=O)[O-])ccc1NC(C)C. The minimum Gasteiger partial charge on any atom is -0.383 e. The van der Waals surface area contributed by atoms with E-state index in [2.05, 4.69) is 10.2 Å². The monoisotopic (exact) mass is 252 g/mol. The van der Waals surface area contributed by atoms with E-state index in [0.29, 0.717) is 6.42 Å². The zero-order chi connectivity index (χ0) is 13.7. The highest BCUT2D eigenvalue weighted by atomic mass is 17.0. The first kappa shape index (κ1) is 14.0. The number of hydrogen-bond acceptors (Lipinski definition) is 5. The lowest BCUT2D eigenvalue weighted by atomic mass is 10.1. The third kappa shape index (κ3) is 3.73. The van der Waals surface area contributed by atoms with Crippen molar-refractivity contribution in [2.75, 3.05) is 5.32 Å². The van der Waals surface area contributed by atoms with Gasteiger partial charge < -0.3 is 5.32 Å². The molecule has 1 aromatic carbocycles. The summed E-state index contributed by atoms with van der Waals surface area (Å²) in [5.41, 5.74) is 2.02. The van der Waals surface area contributed by atoms with Crippen molar-refractivity contribution in [3.8, 4) is 0 Å². The molecule has 0 aliphatic heterocycles. The van der Waals surface area contributed by atoms with Gasteiger partial charge >= 0.3 is 11.1 Å². The normalized spacial score (nSPS) is 10.2. The van der Waals surface area contributed by atoms with Gasteiger partial charge in [-0.1, -0.05) is 6.92 Å². The van der Waals surface area contributed by atoms with E-state index >= 15 is 0 Å². The first-order valence-corrected chi connectivity index (χ1v) is 5.70. The quantitative estimate of drug-likeness (QED) is 0.642. The van der Waals surface area contributed by atoms with Crippen LogP contribution in [0.5, 0.6) is 0 Å². The van der Waals surface area contributed by atoms with E-state index in [1.54, 1.807) is 12.1 Å². The van der Waals surface area contributed by atoms with Gasteiger partial charge in [-0.15, -0.1) is 10.1 Å². The predicted molar refractivity (Wildman–Crippen MR) is 67.0 cm³/mol. The summed E-state index contributed by atoms with van der Waals surface area (Å²) in [6.45, 7) is 5.96. The summed E-state index contributed by atoms with van der Waals surface area (Å²) in [4.78, 5) is 25.4. The highest BCUT2D eigenvalue weighted by molar-refractivity contribution is 5.89. The van der Waals surface area contributed by atoms with Crippen LogP contribution in [0.25, 0.3) is 0 Å². The molecule has 0 aliphatic rings. The topological polar surface area (TPSA) is 81.5 Å². The molecule has 0 aliphatic carbocycles. The van der Waals surface area contributed by atoms with E-state index < -0.39 is 11.1 Å². The van der Waals surface area contributed by atoms with Crippen molar-refractivity contribution >= 4 is 11.7 Å². The number of carbonyl (C=O) groups excluding carboxylic acids is 1. The van der Waals surface area contributed by atoms with E-state index in [-0.39, 0.29) is 11.6 Å². The first-order valence-electron chi connectivity index (χ1n) is 5.70. The number of benzene rings is 1. The minimum atomic E-state index is -1.10. The van der Waals surface area contributed by atoms with Crippen molar-refractivity contribution < 1.29 is 14.7 Å². The van der Waals surface area contributed by atoms with Crippen LogP contribution in [-0.2, 0) is 11.3 Å². The lowest BCUT2D eigenvalue weighted by Crippen LogP contribution is -2.13. The number of hydrogen-bond donors (Lipinski definition) is 1. The van der Waals surface area contributed by atoms with Gasteiger partial charge in [0.15, 0.2) is 0 Å². The molecule has 0 heterocycles. The molecule has 0 saturated carbocycles. The van der Waals surface area contributed by atoms with Crippen LogP contribution in [0.4, 0.5) is 5.69 Å². The van der Waals surface area contributed by atoms with Crippen molar-refractivity contribution in [3.63, 3.8) is 0 Å². The number of anilines is 1. The fraction of sp³-hybridized carbons (Fsp3) is 0.417. The van der Waals surface area contributed by atoms with Gasteiger partial charge in [0.25, 0.3) is 0 Å². The molecular weight excluding hydrogens is 236 g/mol. The largest absolute Gasteiger partial charge is 0.383 e. The molecule has 0 unspecified atom stereocenters. The van der Waals surface area contributed by atoms with Crippen molar-refractivity contribution in [2.45, 2.75) is 33.2 Å². The Labute approximate surface area is 105 Å². The zero-order valence-electron chi connectivity index (χ0n) is 10.6. The van der Waals surface area contributed by atoms with E-state index in [1.165, 1.54) is 6.07 Å². The third-order valence-corrected chi connectivity index (χ3v) is 2.32. The van der Waals surface area contributed by atoms with Crippen LogP contribution in [-0.4, -0.2) is 17.1 Å². The molecule has 0 fully saturated rings. The van der Waals surface area contributed by atoms with Crippen LogP contribution >= 0.6 is 0 Å². The summed E-state index contributed by atoms with van der Waals surface area (Å²) in [5, 5.41) is 12.2. The fourth-order valence-corrected chi connectivity index (χ4v) is 1.59. The standard InChI is InChI=1S/C12H16N2O4/c1-4-9-7-10(12(15)18-14(16)17)5-6-11(9)13-8(2)3/h5-8,13H,4H2,1-3H3. The highest BCUT2D eigenvalue weighted by Gasteiger charge is 2.13. The molecule has 1 rings (SSSR count). The summed E-state index contributed by atoms with van der Waals surface area (Å²) in [6.07, 6.45) is 0.717. The van der Waals surface area contributed by atoms with Crippen LogP contribution in [0.2, 0.25) is 0 Å². The second-order valence-corrected chi connectivity index (χ2v) is 4.13. The molecule has 1 aromatic rings. The Bertz CT molecular complexity index is 457. The number of rotatable bonds is 5. The van der Waals surface area contributed by atoms with Gasteiger partial charge in [-0.3, -0.25) is 4.79 Å². The Balaban J connectivity index is 2.97. The molecule has 0 aromatic heterocycles. The second-order valence-electron chi connectivity index (χ2n) is 4.13. The van der Waals surface area contributed by atoms with Gasteiger partial charge in [-0.05, 0) is 44.0 Å². The molecule has 0 bridgehead atoms. The van der Waals surface area contributed by atoms with Gasteiger partial charge in [0.05, 0.1) is 0 Å². The zero-order valence-corrected chi connectivity index (χ0v) is 10.6. The average Bonchev–Trinajstić information content (AvgIpc) is 2.27. The minimum absolute atomic E-state index is 0.179. The van der Waals surface area contributed by atoms with Gasteiger partial charge in [0.1, 0.15) is 0 Å². The summed E-state index contributed by atoms with van der Waals surface area (Å²) in [5.74, 6) is -0.953. The molecule has 98 valence electrons. The molecule has 0 atom stereocenters. The van der Waals surface area contributed by atoms with Crippen molar-refractivity contribution in [3.05, 3.63) is 39.4 Å². The molecule has 18 heavy (non-hydrogen) atoms. The maximum atomic E-state index is 11.4.